The number of rotatable bonds is 22. The van der Waals surface area contributed by atoms with Gasteiger partial charge in [0.1, 0.15) is 37.6 Å². The van der Waals surface area contributed by atoms with Crippen molar-refractivity contribution in [1.82, 2.24) is 31.9 Å². The molecule has 2 heterocycles. The molecular formula is C66H76N6O17. The zero-order valence-electron chi connectivity index (χ0n) is 50.0. The Bertz CT molecular complexity index is 3200. The molecule has 16 atom stereocenters. The highest BCUT2D eigenvalue weighted by molar-refractivity contribution is 5.71. The van der Waals surface area contributed by atoms with E-state index in [1.54, 1.807) is 211 Å². The van der Waals surface area contributed by atoms with Crippen molar-refractivity contribution >= 4 is 36.6 Å². The van der Waals surface area contributed by atoms with Gasteiger partial charge in [-0.1, -0.05) is 182 Å². The Morgan fingerprint density at radius 2 is 0.618 bits per heavy atom. The van der Waals surface area contributed by atoms with E-state index < -0.39 is 147 Å². The maximum Gasteiger partial charge on any atom is 0.408 e. The van der Waals surface area contributed by atoms with Gasteiger partial charge in [-0.3, -0.25) is 0 Å². The van der Waals surface area contributed by atoms with Crippen LogP contribution in [0.2, 0.25) is 0 Å². The largest absolute Gasteiger partial charge is 0.447 e. The van der Waals surface area contributed by atoms with E-state index in [0.717, 1.165) is 11.1 Å². The monoisotopic (exact) mass is 1220 g/mol. The van der Waals surface area contributed by atoms with Crippen LogP contribution in [0.1, 0.15) is 111 Å². The Morgan fingerprint density at radius 3 is 0.944 bits per heavy atom. The molecule has 89 heavy (non-hydrogen) atoms. The van der Waals surface area contributed by atoms with Crippen molar-refractivity contribution < 1.29 is 81.6 Å². The quantitative estimate of drug-likeness (QED) is 0.0293. The number of aliphatic hydroxyl groups is 2. The molecule has 472 valence electrons. The maximum atomic E-state index is 14.4. The number of carbonyl (C=O) groups is 6. The van der Waals surface area contributed by atoms with Gasteiger partial charge in [-0.15, -0.1) is 0 Å². The molecule has 6 aromatic carbocycles. The smallest absolute Gasteiger partial charge is 0.408 e. The lowest BCUT2D eigenvalue weighted by Crippen LogP contribution is -2.67. The fraction of sp³-hybridized carbons (Fsp3) is 0.364. The molecule has 6 amide bonds. The van der Waals surface area contributed by atoms with Crippen molar-refractivity contribution in [2.75, 3.05) is 13.2 Å². The second-order valence-electron chi connectivity index (χ2n) is 21.5. The second-order valence-corrected chi connectivity index (χ2v) is 21.5. The van der Waals surface area contributed by atoms with Gasteiger partial charge in [-0.25, -0.2) is 28.8 Å². The van der Waals surface area contributed by atoms with E-state index >= 15 is 0 Å². The van der Waals surface area contributed by atoms with Crippen LogP contribution in [0.25, 0.3) is 0 Å². The topological polar surface area (TPSA) is 298 Å². The van der Waals surface area contributed by atoms with Crippen molar-refractivity contribution in [1.29, 1.82) is 0 Å². The Labute approximate surface area is 516 Å². The third kappa shape index (κ3) is 18.9. The van der Waals surface area contributed by atoms with E-state index in [1.807, 2.05) is 12.1 Å². The van der Waals surface area contributed by atoms with Crippen LogP contribution in [0.5, 0.6) is 0 Å². The van der Waals surface area contributed by atoms with Crippen LogP contribution in [-0.2, 0) is 42.6 Å². The number of ether oxygens (including phenoxy) is 9. The van der Waals surface area contributed by atoms with Gasteiger partial charge in [0.25, 0.3) is 0 Å². The first-order valence-corrected chi connectivity index (χ1v) is 29.3. The molecule has 2 aliphatic rings. The van der Waals surface area contributed by atoms with Crippen LogP contribution in [0.4, 0.5) is 28.8 Å². The lowest BCUT2D eigenvalue weighted by atomic mass is 9.96. The van der Waals surface area contributed by atoms with Gasteiger partial charge < -0.3 is 84.7 Å². The summed E-state index contributed by atoms with van der Waals surface area (Å²) in [4.78, 5) is 84.5. The zero-order chi connectivity index (χ0) is 63.4. The van der Waals surface area contributed by atoms with Gasteiger partial charge in [0.15, 0.2) is 37.0 Å². The minimum atomic E-state index is -2.16. The van der Waals surface area contributed by atoms with E-state index in [9.17, 15) is 39.0 Å². The average molecular weight is 1230 g/mol. The number of amides is 6. The van der Waals surface area contributed by atoms with Gasteiger partial charge in [0, 0.05) is 0 Å². The maximum absolute atomic E-state index is 14.4. The van der Waals surface area contributed by atoms with E-state index in [1.165, 1.54) is 0 Å². The molecule has 8 rings (SSSR count). The summed E-state index contributed by atoms with van der Waals surface area (Å²) in [7, 11) is 0. The summed E-state index contributed by atoms with van der Waals surface area (Å²) >= 11 is 0. The molecule has 0 saturated carbocycles. The Morgan fingerprint density at radius 1 is 0.348 bits per heavy atom. The number of nitrogens with one attached hydrogen (secondary N) is 6. The van der Waals surface area contributed by atoms with Gasteiger partial charge in [0.2, 0.25) is 0 Å². The van der Waals surface area contributed by atoms with Gasteiger partial charge in [-0.2, -0.15) is 0 Å². The number of benzene rings is 6. The average Bonchev–Trinajstić information content (AvgIpc) is 1.19. The Balaban J connectivity index is 1.19. The highest BCUT2D eigenvalue weighted by atomic mass is 16.8. The van der Waals surface area contributed by atoms with Gasteiger partial charge in [0.05, 0.1) is 36.3 Å². The number of alkyl carbamates (subject to hydrolysis) is 6. The van der Waals surface area contributed by atoms with Crippen molar-refractivity contribution in [3.8, 4) is 0 Å². The SMILES string of the molecule is C[C@H](NC(=O)OC[C@H]1O[C@H](O[C@H]2[C@H](OC(=O)N[C@@H](C)c3ccccc3)[C@@H](OC(=O)N[C@@H](C)c3ccccc3)[C@@H](O)O[C@@H]2COC(=O)N[C@@H](C)c2ccccc2)[C@H](OC(=O)N[C@@H](C)c2ccccc2)[C@@H](OC(=O)N[C@@H](C)c2ccccc2)[C@@H]1O)c1ccccc1. The minimum Gasteiger partial charge on any atom is -0.447 e. The van der Waals surface area contributed by atoms with Gasteiger partial charge in [-0.05, 0) is 74.9 Å². The third-order valence-electron chi connectivity index (χ3n) is 15.1. The molecule has 2 saturated heterocycles. The Hall–Kier alpha value is -9.26. The van der Waals surface area contributed by atoms with Crippen LogP contribution in [0.3, 0.4) is 0 Å². The van der Waals surface area contributed by atoms with Crippen molar-refractivity contribution in [2.45, 2.75) is 139 Å². The van der Waals surface area contributed by atoms with Crippen LogP contribution < -0.4 is 31.9 Å². The van der Waals surface area contributed by atoms with E-state index in [-0.39, 0.29) is 0 Å². The van der Waals surface area contributed by atoms with E-state index in [4.69, 9.17) is 42.6 Å². The van der Waals surface area contributed by atoms with Crippen LogP contribution >= 0.6 is 0 Å². The molecule has 0 bridgehead atoms. The Kier molecular flexibility index (Phi) is 23.7. The van der Waals surface area contributed by atoms with Crippen molar-refractivity contribution in [2.24, 2.45) is 0 Å². The first-order chi connectivity index (χ1) is 42.9. The summed E-state index contributed by atoms with van der Waals surface area (Å²) in [5, 5.41) is 40.8. The standard InChI is InChI=1S/C66H76N6O17/c1-39(45-25-13-7-14-26-45)67-61(75)81-37-51-53(73)55(86-63(77)69-41(3)47-29-17-9-18-30-47)58(89-66(80)72-44(6)50-35-23-12-24-36-50)60(84-51)85-54-52(38-82-62(76)68-40(2)46-27-15-8-16-28-46)83-59(74)57(88-65(79)71-43(5)49-33-21-11-22-34-49)56(54)87-64(78)70-42(4)48-31-19-10-20-32-48/h7-36,39-44,51-60,73-74H,37-38H2,1-6H3,(H,67,75)(H,68,76)(H,69,77)(H,70,78)(H,71,79)(H,72,80)/t39-,40-,41-,42-,43-,44-,51+,52+,53+,54+,55-,56-,57+,58+,59-,60+/m0/s1. The van der Waals surface area contributed by atoms with Crippen molar-refractivity contribution in [3.63, 3.8) is 0 Å². The predicted molar refractivity (Wildman–Crippen MR) is 322 cm³/mol. The number of hydrogen-bond acceptors (Lipinski definition) is 17. The first kappa shape index (κ1) is 65.7. The summed E-state index contributed by atoms with van der Waals surface area (Å²) in [6.07, 6.45) is -25.9. The van der Waals surface area contributed by atoms with E-state index in [0.29, 0.717) is 22.3 Å². The fourth-order valence-electron chi connectivity index (χ4n) is 10.0. The van der Waals surface area contributed by atoms with Crippen LogP contribution in [0.15, 0.2) is 182 Å². The molecule has 0 spiro atoms. The fourth-order valence-corrected chi connectivity index (χ4v) is 10.0. The molecular weight excluding hydrogens is 1150 g/mol. The molecule has 23 heteroatoms. The summed E-state index contributed by atoms with van der Waals surface area (Å²) < 4.78 is 55.3. The molecule has 0 unspecified atom stereocenters. The summed E-state index contributed by atoms with van der Waals surface area (Å²) in [6.45, 7) is 8.60. The lowest BCUT2D eigenvalue weighted by molar-refractivity contribution is -0.352. The minimum absolute atomic E-state index is 0.564. The molecule has 2 aliphatic heterocycles. The summed E-state index contributed by atoms with van der Waals surface area (Å²) in [5.74, 6) is 0. The first-order valence-electron chi connectivity index (χ1n) is 29.3. The number of hydrogen-bond donors (Lipinski definition) is 8. The van der Waals surface area contributed by atoms with E-state index in [2.05, 4.69) is 31.9 Å². The highest BCUT2D eigenvalue weighted by Gasteiger charge is 2.57. The van der Waals surface area contributed by atoms with Crippen LogP contribution in [-0.4, -0.2) is 121 Å². The highest BCUT2D eigenvalue weighted by Crippen LogP contribution is 2.35. The van der Waals surface area contributed by atoms with Crippen molar-refractivity contribution in [3.05, 3.63) is 215 Å². The normalized spacial score (nSPS) is 23.3. The molecule has 6 aromatic rings. The van der Waals surface area contributed by atoms with Gasteiger partial charge >= 0.3 is 36.6 Å². The molecule has 0 aromatic heterocycles. The second kappa shape index (κ2) is 32.1. The molecule has 8 N–H and O–H groups in total. The lowest BCUT2D eigenvalue weighted by Gasteiger charge is -2.47. The predicted octanol–water partition coefficient (Wildman–Crippen LogP) is 9.57. The third-order valence-corrected chi connectivity index (χ3v) is 15.1. The molecule has 23 nitrogen and oxygen atoms in total. The number of carbonyl (C=O) groups excluding carboxylic acids is 6. The summed E-state index contributed by atoms with van der Waals surface area (Å²) in [6, 6.07) is 49.4. The summed E-state index contributed by atoms with van der Waals surface area (Å²) in [5.41, 5.74) is 4.14. The molecule has 0 radical (unpaired) electrons. The number of aliphatic hydroxyl groups excluding tert-OH is 2. The molecule has 2 fully saturated rings. The van der Waals surface area contributed by atoms with Crippen LogP contribution in [0, 0.1) is 0 Å². The zero-order valence-corrected chi connectivity index (χ0v) is 50.0. The molecule has 0 aliphatic carbocycles.